The van der Waals surface area contributed by atoms with Gasteiger partial charge in [-0.2, -0.15) is 0 Å². The van der Waals surface area contributed by atoms with E-state index in [1.165, 1.54) is 5.56 Å². The molecule has 0 aliphatic heterocycles. The first kappa shape index (κ1) is 19.6. The van der Waals surface area contributed by atoms with E-state index in [2.05, 4.69) is 46.1 Å². The first-order valence-electron chi connectivity index (χ1n) is 10.1. The molecule has 30 heavy (non-hydrogen) atoms. The molecule has 4 rings (SSSR count). The fourth-order valence-corrected chi connectivity index (χ4v) is 3.51. The van der Waals surface area contributed by atoms with E-state index in [-0.39, 0.29) is 11.9 Å². The van der Waals surface area contributed by atoms with E-state index in [0.717, 1.165) is 29.1 Å². The Hall–Kier alpha value is -3.66. The van der Waals surface area contributed by atoms with Crippen LogP contribution in [0.15, 0.2) is 91.3 Å². The number of hydrogen-bond donors (Lipinski definition) is 1. The van der Waals surface area contributed by atoms with E-state index in [1.54, 1.807) is 6.20 Å². The molecule has 0 fully saturated rings. The molecule has 150 valence electrons. The third-order valence-electron chi connectivity index (χ3n) is 5.31. The van der Waals surface area contributed by atoms with Crippen molar-refractivity contribution in [3.63, 3.8) is 0 Å². The normalized spacial score (nSPS) is 11.8. The number of aryl methyl sites for hydroxylation is 2. The van der Waals surface area contributed by atoms with Crippen LogP contribution in [0.5, 0.6) is 0 Å². The maximum Gasteiger partial charge on any atom is 0.252 e. The molecule has 4 heteroatoms. The number of carbonyl (C=O) groups excluding carboxylic acids is 1. The number of hydrogen-bond acceptors (Lipinski definition) is 2. The van der Waals surface area contributed by atoms with Gasteiger partial charge in [-0.3, -0.25) is 4.79 Å². The summed E-state index contributed by atoms with van der Waals surface area (Å²) in [6.07, 6.45) is 3.76. The standard InChI is InChI=1S/C26H25N3O/c1-19-8-12-23(13-9-19)25(22-6-4-3-5-7-22)28-26(30)24-14-10-21(11-15-24)18-29-17-16-27-20(29)2/h3-17,25H,18H2,1-2H3,(H,28,30)/t25-/m1/s1. The van der Waals surface area contributed by atoms with Crippen LogP contribution in [-0.2, 0) is 6.54 Å². The molecule has 1 aromatic heterocycles. The molecule has 1 N–H and O–H groups in total. The first-order valence-corrected chi connectivity index (χ1v) is 10.1. The van der Waals surface area contributed by atoms with Crippen molar-refractivity contribution in [1.29, 1.82) is 0 Å². The predicted octanol–water partition coefficient (Wildman–Crippen LogP) is 5.07. The molecule has 4 nitrogen and oxygen atoms in total. The molecule has 1 atom stereocenters. The minimum absolute atomic E-state index is 0.0882. The molecule has 0 bridgehead atoms. The lowest BCUT2D eigenvalue weighted by Gasteiger charge is -2.20. The number of nitrogens with one attached hydrogen (secondary N) is 1. The van der Waals surface area contributed by atoms with E-state index in [4.69, 9.17) is 0 Å². The fraction of sp³-hybridized carbons (Fsp3) is 0.154. The van der Waals surface area contributed by atoms with Crippen LogP contribution in [-0.4, -0.2) is 15.5 Å². The third kappa shape index (κ3) is 4.49. The van der Waals surface area contributed by atoms with E-state index in [0.29, 0.717) is 5.56 Å². The van der Waals surface area contributed by atoms with E-state index < -0.39 is 0 Å². The molecule has 1 heterocycles. The van der Waals surface area contributed by atoms with Crippen molar-refractivity contribution in [1.82, 2.24) is 14.9 Å². The lowest BCUT2D eigenvalue weighted by atomic mass is 9.97. The van der Waals surface area contributed by atoms with Gasteiger partial charge in [0, 0.05) is 24.5 Å². The van der Waals surface area contributed by atoms with Gasteiger partial charge in [-0.1, -0.05) is 72.3 Å². The molecule has 0 radical (unpaired) electrons. The highest BCUT2D eigenvalue weighted by Crippen LogP contribution is 2.23. The summed E-state index contributed by atoms with van der Waals surface area (Å²) in [7, 11) is 0. The van der Waals surface area contributed by atoms with Crippen LogP contribution in [0.2, 0.25) is 0 Å². The maximum atomic E-state index is 13.0. The fourth-order valence-electron chi connectivity index (χ4n) is 3.51. The van der Waals surface area contributed by atoms with Crippen LogP contribution < -0.4 is 5.32 Å². The van der Waals surface area contributed by atoms with Gasteiger partial charge in [-0.15, -0.1) is 0 Å². The number of nitrogens with zero attached hydrogens (tertiary/aromatic N) is 2. The van der Waals surface area contributed by atoms with Crippen LogP contribution in [0.3, 0.4) is 0 Å². The zero-order valence-electron chi connectivity index (χ0n) is 17.2. The summed E-state index contributed by atoms with van der Waals surface area (Å²) in [5.74, 6) is 0.885. The Morgan fingerprint density at radius 1 is 0.900 bits per heavy atom. The smallest absolute Gasteiger partial charge is 0.252 e. The van der Waals surface area contributed by atoms with Gasteiger partial charge in [0.15, 0.2) is 0 Å². The third-order valence-corrected chi connectivity index (χ3v) is 5.31. The molecular weight excluding hydrogens is 370 g/mol. The molecule has 0 saturated carbocycles. The molecular formula is C26H25N3O. The molecule has 1 amide bonds. The Labute approximate surface area is 177 Å². The Morgan fingerprint density at radius 3 is 2.20 bits per heavy atom. The minimum atomic E-state index is -0.201. The highest BCUT2D eigenvalue weighted by atomic mass is 16.1. The number of rotatable bonds is 6. The summed E-state index contributed by atoms with van der Waals surface area (Å²) >= 11 is 0. The van der Waals surface area contributed by atoms with Gasteiger partial charge in [0.2, 0.25) is 0 Å². The van der Waals surface area contributed by atoms with Crippen molar-refractivity contribution in [2.24, 2.45) is 0 Å². The SMILES string of the molecule is Cc1ccc([C@H](NC(=O)c2ccc(Cn3ccnc3C)cc2)c2ccccc2)cc1. The lowest BCUT2D eigenvalue weighted by Crippen LogP contribution is -2.29. The monoisotopic (exact) mass is 395 g/mol. The van der Waals surface area contributed by atoms with Crippen LogP contribution >= 0.6 is 0 Å². The van der Waals surface area contributed by atoms with Crippen molar-refractivity contribution in [3.05, 3.63) is 125 Å². The lowest BCUT2D eigenvalue weighted by molar-refractivity contribution is 0.0943. The topological polar surface area (TPSA) is 46.9 Å². The summed E-state index contributed by atoms with van der Waals surface area (Å²) in [4.78, 5) is 17.3. The van der Waals surface area contributed by atoms with Crippen LogP contribution in [0.25, 0.3) is 0 Å². The quantitative estimate of drug-likeness (QED) is 0.496. The van der Waals surface area contributed by atoms with Gasteiger partial charge in [-0.25, -0.2) is 4.98 Å². The second kappa shape index (κ2) is 8.78. The summed E-state index contributed by atoms with van der Waals surface area (Å²) in [6, 6.07) is 25.9. The highest BCUT2D eigenvalue weighted by Gasteiger charge is 2.17. The molecule has 4 aromatic rings. The van der Waals surface area contributed by atoms with Gasteiger partial charge in [0.05, 0.1) is 6.04 Å². The average Bonchev–Trinajstić information content (AvgIpc) is 3.18. The van der Waals surface area contributed by atoms with Gasteiger partial charge in [-0.05, 0) is 42.7 Å². The second-order valence-electron chi connectivity index (χ2n) is 7.53. The molecule has 0 aliphatic carbocycles. The molecule has 0 spiro atoms. The van der Waals surface area contributed by atoms with Crippen molar-refractivity contribution >= 4 is 5.91 Å². The Balaban J connectivity index is 1.53. The van der Waals surface area contributed by atoms with Crippen molar-refractivity contribution in [3.8, 4) is 0 Å². The number of aromatic nitrogens is 2. The summed E-state index contributed by atoms with van der Waals surface area (Å²) < 4.78 is 2.08. The molecule has 0 saturated heterocycles. The number of carbonyl (C=O) groups is 1. The molecule has 0 unspecified atom stereocenters. The number of imidazole rings is 1. The van der Waals surface area contributed by atoms with Gasteiger partial charge >= 0.3 is 0 Å². The van der Waals surface area contributed by atoms with Crippen molar-refractivity contribution in [2.45, 2.75) is 26.4 Å². The average molecular weight is 396 g/mol. The van der Waals surface area contributed by atoms with Crippen LogP contribution in [0.1, 0.15) is 44.5 Å². The summed E-state index contributed by atoms with van der Waals surface area (Å²) in [6.45, 7) is 4.78. The van der Waals surface area contributed by atoms with Crippen molar-refractivity contribution < 1.29 is 4.79 Å². The largest absolute Gasteiger partial charge is 0.341 e. The van der Waals surface area contributed by atoms with Gasteiger partial charge < -0.3 is 9.88 Å². The Morgan fingerprint density at radius 2 is 1.57 bits per heavy atom. The van der Waals surface area contributed by atoms with Crippen LogP contribution in [0.4, 0.5) is 0 Å². The van der Waals surface area contributed by atoms with Crippen molar-refractivity contribution in [2.75, 3.05) is 0 Å². The minimum Gasteiger partial charge on any atom is -0.341 e. The van der Waals surface area contributed by atoms with E-state index in [9.17, 15) is 4.79 Å². The zero-order chi connectivity index (χ0) is 20.9. The number of amides is 1. The maximum absolute atomic E-state index is 13.0. The summed E-state index contributed by atoms with van der Waals surface area (Å²) in [5.41, 5.74) is 5.09. The summed E-state index contributed by atoms with van der Waals surface area (Å²) in [5, 5.41) is 3.21. The van der Waals surface area contributed by atoms with E-state index in [1.807, 2.05) is 67.7 Å². The van der Waals surface area contributed by atoms with Gasteiger partial charge in [0.1, 0.15) is 5.82 Å². The predicted molar refractivity (Wildman–Crippen MR) is 119 cm³/mol. The van der Waals surface area contributed by atoms with Crippen LogP contribution in [0, 0.1) is 13.8 Å². The Bertz CT molecular complexity index is 1110. The highest BCUT2D eigenvalue weighted by molar-refractivity contribution is 5.94. The molecule has 3 aromatic carbocycles. The first-order chi connectivity index (χ1) is 14.6. The molecule has 0 aliphatic rings. The zero-order valence-corrected chi connectivity index (χ0v) is 17.2. The Kier molecular flexibility index (Phi) is 5.75. The number of benzene rings is 3. The van der Waals surface area contributed by atoms with E-state index >= 15 is 0 Å². The van der Waals surface area contributed by atoms with Gasteiger partial charge in [0.25, 0.3) is 5.91 Å². The second-order valence-corrected chi connectivity index (χ2v) is 7.53.